The topological polar surface area (TPSA) is 47.3 Å². The summed E-state index contributed by atoms with van der Waals surface area (Å²) >= 11 is 0. The van der Waals surface area contributed by atoms with E-state index in [0.717, 1.165) is 26.1 Å². The van der Waals surface area contributed by atoms with E-state index >= 15 is 0 Å². The van der Waals surface area contributed by atoms with Gasteiger partial charge in [-0.15, -0.1) is 0 Å². The molecule has 0 bridgehead atoms. The lowest BCUT2D eigenvalue weighted by Crippen LogP contribution is -2.48. The van der Waals surface area contributed by atoms with Crippen LogP contribution in [0.5, 0.6) is 0 Å². The molecule has 18 heavy (non-hydrogen) atoms. The zero-order valence-corrected chi connectivity index (χ0v) is 10.8. The van der Waals surface area contributed by atoms with E-state index in [2.05, 4.69) is 29.7 Å². The largest absolute Gasteiger partial charge is 0.381 e. The molecule has 2 atom stereocenters. The first-order valence-corrected chi connectivity index (χ1v) is 6.99. The molecule has 1 aromatic rings. The Labute approximate surface area is 109 Å². The average molecular weight is 246 g/mol. The molecule has 1 heterocycles. The second-order valence-corrected chi connectivity index (χ2v) is 5.61. The Bertz CT molecular complexity index is 376. The van der Waals surface area contributed by atoms with Gasteiger partial charge < -0.3 is 4.74 Å². The molecule has 1 saturated heterocycles. The lowest BCUT2D eigenvalue weighted by molar-refractivity contribution is 0.0293. The van der Waals surface area contributed by atoms with E-state index in [1.165, 1.54) is 24.0 Å². The predicted molar refractivity (Wildman–Crippen MR) is 72.0 cm³/mol. The van der Waals surface area contributed by atoms with Crippen molar-refractivity contribution >= 4 is 0 Å². The average Bonchev–Trinajstić information content (AvgIpc) is 2.84. The summed E-state index contributed by atoms with van der Waals surface area (Å²) in [7, 11) is 0. The third-order valence-corrected chi connectivity index (χ3v) is 4.49. The minimum atomic E-state index is 0.387. The molecule has 0 saturated carbocycles. The Morgan fingerprint density at radius 3 is 2.44 bits per heavy atom. The Morgan fingerprint density at radius 2 is 1.89 bits per heavy atom. The summed E-state index contributed by atoms with van der Waals surface area (Å²) < 4.78 is 5.61. The van der Waals surface area contributed by atoms with Gasteiger partial charge in [-0.2, -0.15) is 0 Å². The number of fused-ring (bicyclic) bond motifs is 1. The summed E-state index contributed by atoms with van der Waals surface area (Å²) in [6.07, 6.45) is 4.72. The quantitative estimate of drug-likeness (QED) is 0.630. The second-order valence-electron chi connectivity index (χ2n) is 5.61. The van der Waals surface area contributed by atoms with E-state index in [0.29, 0.717) is 17.9 Å². The van der Waals surface area contributed by atoms with Crippen LogP contribution in [0.4, 0.5) is 0 Å². The van der Waals surface area contributed by atoms with Gasteiger partial charge in [-0.05, 0) is 48.6 Å². The molecule has 0 radical (unpaired) electrons. The highest BCUT2D eigenvalue weighted by Crippen LogP contribution is 2.33. The van der Waals surface area contributed by atoms with Crippen LogP contribution in [0.2, 0.25) is 0 Å². The SMILES string of the molecule is NNC(C1CCCOC1)C1Cc2ccccc2C1. The Balaban J connectivity index is 1.71. The zero-order valence-electron chi connectivity index (χ0n) is 10.8. The lowest BCUT2D eigenvalue weighted by Gasteiger charge is -2.33. The Morgan fingerprint density at radius 1 is 1.17 bits per heavy atom. The van der Waals surface area contributed by atoms with Crippen molar-refractivity contribution in [3.05, 3.63) is 35.4 Å². The van der Waals surface area contributed by atoms with E-state index in [9.17, 15) is 0 Å². The molecule has 0 spiro atoms. The first-order chi connectivity index (χ1) is 8.88. The molecule has 3 N–H and O–H groups in total. The van der Waals surface area contributed by atoms with Gasteiger partial charge in [0.1, 0.15) is 0 Å². The van der Waals surface area contributed by atoms with Gasteiger partial charge in [0.2, 0.25) is 0 Å². The molecule has 1 aliphatic carbocycles. The fourth-order valence-corrected chi connectivity index (χ4v) is 3.55. The van der Waals surface area contributed by atoms with Gasteiger partial charge >= 0.3 is 0 Å². The van der Waals surface area contributed by atoms with E-state index in [4.69, 9.17) is 10.6 Å². The third kappa shape index (κ3) is 2.30. The number of hydrogen-bond acceptors (Lipinski definition) is 3. The van der Waals surface area contributed by atoms with E-state index in [1.54, 1.807) is 0 Å². The maximum atomic E-state index is 5.81. The number of nitrogens with one attached hydrogen (secondary N) is 1. The summed E-state index contributed by atoms with van der Waals surface area (Å²) in [4.78, 5) is 0. The summed E-state index contributed by atoms with van der Waals surface area (Å²) in [5, 5.41) is 0. The molecule has 3 nitrogen and oxygen atoms in total. The molecule has 1 fully saturated rings. The molecule has 98 valence electrons. The van der Waals surface area contributed by atoms with Gasteiger partial charge in [0.15, 0.2) is 0 Å². The predicted octanol–water partition coefficient (Wildman–Crippen LogP) is 1.66. The zero-order chi connectivity index (χ0) is 12.4. The third-order valence-electron chi connectivity index (χ3n) is 4.49. The highest BCUT2D eigenvalue weighted by molar-refractivity contribution is 5.32. The molecule has 1 aliphatic heterocycles. The Hall–Kier alpha value is -0.900. The maximum Gasteiger partial charge on any atom is 0.0509 e. The summed E-state index contributed by atoms with van der Waals surface area (Å²) in [6.45, 7) is 1.78. The summed E-state index contributed by atoms with van der Waals surface area (Å²) in [5.74, 6) is 7.01. The number of ether oxygens (including phenoxy) is 1. The molecule has 0 aromatic heterocycles. The monoisotopic (exact) mass is 246 g/mol. The van der Waals surface area contributed by atoms with Crippen LogP contribution in [0.3, 0.4) is 0 Å². The van der Waals surface area contributed by atoms with E-state index in [-0.39, 0.29) is 0 Å². The molecular weight excluding hydrogens is 224 g/mol. The van der Waals surface area contributed by atoms with Crippen molar-refractivity contribution in [2.45, 2.75) is 31.7 Å². The Kier molecular flexibility index (Phi) is 3.64. The van der Waals surface area contributed by atoms with Crippen LogP contribution < -0.4 is 11.3 Å². The standard InChI is InChI=1S/C15H22N2O/c16-17-15(13-6-3-7-18-10-13)14-8-11-4-1-2-5-12(11)9-14/h1-2,4-5,13-15,17H,3,6-10,16H2. The fraction of sp³-hybridized carbons (Fsp3) is 0.600. The normalized spacial score (nSPS) is 25.9. The van der Waals surface area contributed by atoms with Gasteiger partial charge in [-0.3, -0.25) is 11.3 Å². The number of rotatable bonds is 3. The van der Waals surface area contributed by atoms with Crippen molar-refractivity contribution in [2.75, 3.05) is 13.2 Å². The summed E-state index contributed by atoms with van der Waals surface area (Å²) in [6, 6.07) is 9.16. The first-order valence-electron chi connectivity index (χ1n) is 6.99. The minimum absolute atomic E-state index is 0.387. The molecule has 3 rings (SSSR count). The van der Waals surface area contributed by atoms with Crippen molar-refractivity contribution in [2.24, 2.45) is 17.7 Å². The van der Waals surface area contributed by atoms with E-state index < -0.39 is 0 Å². The molecule has 1 aromatic carbocycles. The molecule has 3 heteroatoms. The minimum Gasteiger partial charge on any atom is -0.381 e. The van der Waals surface area contributed by atoms with Crippen molar-refractivity contribution < 1.29 is 4.74 Å². The van der Waals surface area contributed by atoms with Crippen molar-refractivity contribution in [1.82, 2.24) is 5.43 Å². The number of hydrogen-bond donors (Lipinski definition) is 2. The van der Waals surface area contributed by atoms with Crippen LogP contribution in [0.1, 0.15) is 24.0 Å². The maximum absolute atomic E-state index is 5.81. The van der Waals surface area contributed by atoms with Crippen LogP contribution in [0.15, 0.2) is 24.3 Å². The van der Waals surface area contributed by atoms with Gasteiger partial charge in [0.05, 0.1) is 6.61 Å². The molecule has 2 aliphatic rings. The van der Waals surface area contributed by atoms with Gasteiger partial charge in [0, 0.05) is 12.6 Å². The smallest absolute Gasteiger partial charge is 0.0509 e. The fourth-order valence-electron chi connectivity index (χ4n) is 3.55. The van der Waals surface area contributed by atoms with E-state index in [1.807, 2.05) is 0 Å². The summed E-state index contributed by atoms with van der Waals surface area (Å²) in [5.41, 5.74) is 6.07. The van der Waals surface area contributed by atoms with Crippen molar-refractivity contribution in [3.63, 3.8) is 0 Å². The van der Waals surface area contributed by atoms with Crippen LogP contribution in [-0.2, 0) is 17.6 Å². The van der Waals surface area contributed by atoms with Gasteiger partial charge in [-0.25, -0.2) is 0 Å². The van der Waals surface area contributed by atoms with Crippen LogP contribution in [-0.4, -0.2) is 19.3 Å². The molecular formula is C15H22N2O. The highest BCUT2D eigenvalue weighted by Gasteiger charge is 2.33. The lowest BCUT2D eigenvalue weighted by atomic mass is 9.83. The number of nitrogens with two attached hydrogens (primary N) is 1. The first kappa shape index (κ1) is 12.2. The molecule has 2 unspecified atom stereocenters. The van der Waals surface area contributed by atoms with Crippen molar-refractivity contribution in [3.8, 4) is 0 Å². The number of benzene rings is 1. The van der Waals surface area contributed by atoms with Gasteiger partial charge in [-0.1, -0.05) is 24.3 Å². The number of hydrazine groups is 1. The van der Waals surface area contributed by atoms with Crippen molar-refractivity contribution in [1.29, 1.82) is 0 Å². The molecule has 0 amide bonds. The highest BCUT2D eigenvalue weighted by atomic mass is 16.5. The van der Waals surface area contributed by atoms with Crippen LogP contribution in [0, 0.1) is 11.8 Å². The van der Waals surface area contributed by atoms with Crippen LogP contribution in [0.25, 0.3) is 0 Å². The second kappa shape index (κ2) is 5.39. The van der Waals surface area contributed by atoms with Gasteiger partial charge in [0.25, 0.3) is 0 Å². The van der Waals surface area contributed by atoms with Crippen LogP contribution >= 0.6 is 0 Å².